The number of ether oxygens (including phenoxy) is 1. The molecule has 0 aliphatic rings. The van der Waals surface area contributed by atoms with Crippen LogP contribution >= 0.6 is 11.3 Å². The van der Waals surface area contributed by atoms with Gasteiger partial charge in [-0.1, -0.05) is 0 Å². The lowest BCUT2D eigenvalue weighted by Gasteiger charge is -2.12. The Hall–Kier alpha value is -2.41. The first-order valence-electron chi connectivity index (χ1n) is 6.10. The normalized spacial score (nSPS) is 10.4. The number of amides is 1. The van der Waals surface area contributed by atoms with Gasteiger partial charge in [-0.3, -0.25) is 4.79 Å². The van der Waals surface area contributed by atoms with Crippen molar-refractivity contribution in [3.05, 3.63) is 44.9 Å². The van der Waals surface area contributed by atoms with Gasteiger partial charge in [0.15, 0.2) is 0 Å². The van der Waals surface area contributed by atoms with Crippen molar-refractivity contribution in [2.75, 3.05) is 0 Å². The minimum Gasteiger partial charge on any atom is -0.487 e. The fraction of sp³-hybridized carbons (Fsp3) is 0.214. The minimum absolute atomic E-state index is 0.0334. The van der Waals surface area contributed by atoms with Crippen LogP contribution in [0.15, 0.2) is 17.5 Å². The van der Waals surface area contributed by atoms with Gasteiger partial charge in [-0.25, -0.2) is 9.78 Å². The maximum Gasteiger partial charge on any atom is 0.365 e. The van der Waals surface area contributed by atoms with Crippen molar-refractivity contribution >= 4 is 23.2 Å². The maximum absolute atomic E-state index is 11.2. The molecule has 0 fully saturated rings. The summed E-state index contributed by atoms with van der Waals surface area (Å²) in [5, 5.41) is 10.5. The number of aromatic nitrogens is 1. The highest BCUT2D eigenvalue weighted by molar-refractivity contribution is 7.11. The van der Waals surface area contributed by atoms with Crippen LogP contribution in [0.1, 0.15) is 37.0 Å². The first-order valence-corrected chi connectivity index (χ1v) is 6.98. The average molecular weight is 306 g/mol. The Kier molecular flexibility index (Phi) is 4.23. The highest BCUT2D eigenvalue weighted by Gasteiger charge is 2.12. The van der Waals surface area contributed by atoms with Gasteiger partial charge in [0.05, 0.1) is 5.69 Å². The first kappa shape index (κ1) is 15.0. The molecule has 1 amide bonds. The van der Waals surface area contributed by atoms with Crippen molar-refractivity contribution in [2.24, 2.45) is 5.73 Å². The van der Waals surface area contributed by atoms with Crippen molar-refractivity contribution in [2.45, 2.75) is 20.5 Å². The van der Waals surface area contributed by atoms with E-state index >= 15 is 0 Å². The molecule has 1 aromatic carbocycles. The largest absolute Gasteiger partial charge is 0.487 e. The quantitative estimate of drug-likeness (QED) is 0.881. The Morgan fingerprint density at radius 2 is 1.95 bits per heavy atom. The molecule has 1 heterocycles. The molecule has 0 bridgehead atoms. The third kappa shape index (κ3) is 3.38. The van der Waals surface area contributed by atoms with Gasteiger partial charge >= 0.3 is 5.97 Å². The van der Waals surface area contributed by atoms with Crippen LogP contribution in [0.4, 0.5) is 0 Å². The lowest BCUT2D eigenvalue weighted by atomic mass is 10.1. The standard InChI is InChI=1S/C14H14N2O4S/c1-7-3-9(12(15)17)4-8(2)11(7)20-5-10-6-21-13(16-10)14(18)19/h3-4,6H,5H2,1-2H3,(H2,15,17)(H,18,19). The van der Waals surface area contributed by atoms with E-state index in [1.165, 1.54) is 0 Å². The molecule has 21 heavy (non-hydrogen) atoms. The predicted octanol–water partition coefficient (Wildman–Crippen LogP) is 2.14. The first-order chi connectivity index (χ1) is 9.88. The third-order valence-electron chi connectivity index (χ3n) is 2.84. The van der Waals surface area contributed by atoms with E-state index in [1.807, 2.05) is 13.8 Å². The molecule has 0 spiro atoms. The second-order valence-corrected chi connectivity index (χ2v) is 5.40. The van der Waals surface area contributed by atoms with Gasteiger partial charge in [0.2, 0.25) is 10.9 Å². The maximum atomic E-state index is 11.2. The molecule has 3 N–H and O–H groups in total. The molecule has 0 aliphatic heterocycles. The number of hydrogen-bond acceptors (Lipinski definition) is 5. The molecule has 0 radical (unpaired) electrons. The average Bonchev–Trinajstić information content (AvgIpc) is 2.86. The number of primary amides is 1. The summed E-state index contributed by atoms with van der Waals surface area (Å²) >= 11 is 1.06. The molecule has 0 saturated heterocycles. The zero-order valence-corrected chi connectivity index (χ0v) is 12.4. The van der Waals surface area contributed by atoms with Crippen molar-refractivity contribution in [1.29, 1.82) is 0 Å². The zero-order chi connectivity index (χ0) is 15.6. The lowest BCUT2D eigenvalue weighted by molar-refractivity contribution is 0.0695. The van der Waals surface area contributed by atoms with E-state index in [-0.39, 0.29) is 11.6 Å². The molecular formula is C14H14N2O4S. The van der Waals surface area contributed by atoms with Crippen molar-refractivity contribution in [3.63, 3.8) is 0 Å². The summed E-state index contributed by atoms with van der Waals surface area (Å²) in [6.45, 7) is 3.80. The lowest BCUT2D eigenvalue weighted by Crippen LogP contribution is -2.12. The van der Waals surface area contributed by atoms with Gasteiger partial charge in [0.25, 0.3) is 0 Å². The van der Waals surface area contributed by atoms with Gasteiger partial charge in [-0.2, -0.15) is 0 Å². The van der Waals surface area contributed by atoms with Crippen molar-refractivity contribution in [1.82, 2.24) is 4.98 Å². The number of carboxylic acid groups (broad SMARTS) is 1. The van der Waals surface area contributed by atoms with Crippen LogP contribution in [0, 0.1) is 13.8 Å². The number of nitrogens with two attached hydrogens (primary N) is 1. The second-order valence-electron chi connectivity index (χ2n) is 4.54. The summed E-state index contributed by atoms with van der Waals surface area (Å²) in [5.74, 6) is -0.896. The molecule has 0 aliphatic carbocycles. The molecule has 2 aromatic rings. The van der Waals surface area contributed by atoms with Gasteiger partial charge in [-0.15, -0.1) is 11.3 Å². The highest BCUT2D eigenvalue weighted by Crippen LogP contribution is 2.26. The van der Waals surface area contributed by atoms with E-state index in [4.69, 9.17) is 15.6 Å². The topological polar surface area (TPSA) is 103 Å². The Labute approximate surface area is 125 Å². The van der Waals surface area contributed by atoms with Crippen LogP contribution in [0.3, 0.4) is 0 Å². The monoisotopic (exact) mass is 306 g/mol. The summed E-state index contributed by atoms with van der Waals surface area (Å²) in [6, 6.07) is 3.32. The molecule has 1 aromatic heterocycles. The number of carbonyl (C=O) groups excluding carboxylic acids is 1. The molecule has 110 valence electrons. The molecule has 7 heteroatoms. The van der Waals surface area contributed by atoms with E-state index in [2.05, 4.69) is 4.98 Å². The minimum atomic E-state index is -1.05. The smallest absolute Gasteiger partial charge is 0.365 e. The van der Waals surface area contributed by atoms with Crippen LogP contribution in [-0.4, -0.2) is 22.0 Å². The fourth-order valence-electron chi connectivity index (χ4n) is 1.94. The summed E-state index contributed by atoms with van der Waals surface area (Å²) in [5.41, 5.74) is 7.81. The molecule has 0 unspecified atom stereocenters. The number of carbonyl (C=O) groups is 2. The van der Waals surface area contributed by atoms with Gasteiger partial charge in [0.1, 0.15) is 12.4 Å². The Balaban J connectivity index is 2.16. The molecule has 0 atom stereocenters. The van der Waals surface area contributed by atoms with E-state index < -0.39 is 11.9 Å². The second kappa shape index (κ2) is 5.92. The summed E-state index contributed by atoms with van der Waals surface area (Å²) in [4.78, 5) is 25.9. The number of aryl methyl sites for hydroxylation is 2. The molecular weight excluding hydrogens is 292 g/mol. The summed E-state index contributed by atoms with van der Waals surface area (Å²) < 4.78 is 5.68. The predicted molar refractivity (Wildman–Crippen MR) is 77.8 cm³/mol. The molecule has 0 saturated carbocycles. The van der Waals surface area contributed by atoms with Gasteiger partial charge < -0.3 is 15.6 Å². The van der Waals surface area contributed by atoms with Crippen molar-refractivity contribution in [3.8, 4) is 5.75 Å². The molecule has 6 nitrogen and oxygen atoms in total. The van der Waals surface area contributed by atoms with Crippen LogP contribution in [-0.2, 0) is 6.61 Å². The number of nitrogens with zero attached hydrogens (tertiary/aromatic N) is 1. The van der Waals surface area contributed by atoms with E-state index in [1.54, 1.807) is 17.5 Å². The number of thiazole rings is 1. The third-order valence-corrected chi connectivity index (χ3v) is 3.72. The highest BCUT2D eigenvalue weighted by atomic mass is 32.1. The van der Waals surface area contributed by atoms with E-state index in [9.17, 15) is 9.59 Å². The van der Waals surface area contributed by atoms with Crippen LogP contribution in [0.5, 0.6) is 5.75 Å². The van der Waals surface area contributed by atoms with Crippen molar-refractivity contribution < 1.29 is 19.4 Å². The van der Waals surface area contributed by atoms with Gasteiger partial charge in [-0.05, 0) is 37.1 Å². The summed E-state index contributed by atoms with van der Waals surface area (Å²) in [6.07, 6.45) is 0. The SMILES string of the molecule is Cc1cc(C(N)=O)cc(C)c1OCc1csc(C(=O)O)n1. The Morgan fingerprint density at radius 1 is 1.33 bits per heavy atom. The van der Waals surface area contributed by atoms with E-state index in [0.717, 1.165) is 22.5 Å². The van der Waals surface area contributed by atoms with E-state index in [0.29, 0.717) is 17.0 Å². The van der Waals surface area contributed by atoms with Gasteiger partial charge in [0, 0.05) is 10.9 Å². The Bertz CT molecular complexity index is 686. The van der Waals surface area contributed by atoms with Crippen LogP contribution < -0.4 is 10.5 Å². The molecule has 2 rings (SSSR count). The zero-order valence-electron chi connectivity index (χ0n) is 11.5. The van der Waals surface area contributed by atoms with Crippen LogP contribution in [0.25, 0.3) is 0 Å². The number of rotatable bonds is 5. The van der Waals surface area contributed by atoms with Crippen LogP contribution in [0.2, 0.25) is 0 Å². The number of hydrogen-bond donors (Lipinski definition) is 2. The fourth-order valence-corrected chi connectivity index (χ4v) is 2.58. The number of aromatic carboxylic acids is 1. The summed E-state index contributed by atoms with van der Waals surface area (Å²) in [7, 11) is 0. The number of carboxylic acids is 1. The number of benzene rings is 1. The Morgan fingerprint density at radius 3 is 2.43 bits per heavy atom.